The monoisotopic (exact) mass is 253 g/mol. The first-order chi connectivity index (χ1) is 8.56. The molecule has 0 fully saturated rings. The number of benzene rings is 1. The fraction of sp³-hybridized carbons (Fsp3) is 0.167. The Morgan fingerprint density at radius 1 is 1.06 bits per heavy atom. The number of hydrogen-bond acceptors (Lipinski definition) is 3. The van der Waals surface area contributed by atoms with Crippen molar-refractivity contribution >= 4 is 5.82 Å². The van der Waals surface area contributed by atoms with E-state index in [1.165, 1.54) is 6.33 Å². The molecule has 1 heterocycles. The predicted molar refractivity (Wildman–Crippen MR) is 61.6 cm³/mol. The maximum atomic E-state index is 13.7. The number of anilines is 1. The summed E-state index contributed by atoms with van der Waals surface area (Å²) in [6.45, 7) is 1.67. The van der Waals surface area contributed by atoms with Gasteiger partial charge in [-0.3, -0.25) is 0 Å². The topological polar surface area (TPSA) is 37.8 Å². The minimum absolute atomic E-state index is 0.0923. The van der Waals surface area contributed by atoms with Crippen LogP contribution >= 0.6 is 0 Å². The average molecular weight is 253 g/mol. The summed E-state index contributed by atoms with van der Waals surface area (Å²) in [5.41, 5.74) is 0.695. The highest BCUT2D eigenvalue weighted by molar-refractivity contribution is 5.68. The van der Waals surface area contributed by atoms with Crippen LogP contribution in [0.25, 0.3) is 11.3 Å². The van der Waals surface area contributed by atoms with E-state index in [0.717, 1.165) is 12.1 Å². The standard InChI is InChI=1S/C12H10F3N3/c1-6-11(17-5-18-12(6)16-2)7-3-4-8(13)10(15)9(7)14/h3-5H,1-2H3,(H,16,17,18). The molecule has 0 unspecified atom stereocenters. The van der Waals surface area contributed by atoms with Crippen LogP contribution in [0.3, 0.4) is 0 Å². The van der Waals surface area contributed by atoms with Crippen LogP contribution in [0.2, 0.25) is 0 Å². The second kappa shape index (κ2) is 4.64. The summed E-state index contributed by atoms with van der Waals surface area (Å²) in [7, 11) is 1.65. The first kappa shape index (κ1) is 12.3. The van der Waals surface area contributed by atoms with Crippen molar-refractivity contribution in [2.75, 3.05) is 12.4 Å². The Morgan fingerprint density at radius 2 is 1.78 bits per heavy atom. The lowest BCUT2D eigenvalue weighted by Gasteiger charge is -2.10. The van der Waals surface area contributed by atoms with E-state index in [1.807, 2.05) is 0 Å². The fourth-order valence-electron chi connectivity index (χ4n) is 1.68. The summed E-state index contributed by atoms with van der Waals surface area (Å²) in [6, 6.07) is 2.02. The van der Waals surface area contributed by atoms with Gasteiger partial charge in [0.25, 0.3) is 0 Å². The Balaban J connectivity index is 2.66. The summed E-state index contributed by atoms with van der Waals surface area (Å²) in [5, 5.41) is 2.81. The molecule has 2 rings (SSSR count). The molecule has 0 aliphatic heterocycles. The highest BCUT2D eigenvalue weighted by Gasteiger charge is 2.18. The molecule has 1 N–H and O–H groups in total. The van der Waals surface area contributed by atoms with Crippen LogP contribution in [0.1, 0.15) is 5.56 Å². The molecule has 94 valence electrons. The second-order valence-corrected chi connectivity index (χ2v) is 3.67. The smallest absolute Gasteiger partial charge is 0.195 e. The van der Waals surface area contributed by atoms with Crippen LogP contribution in [0.4, 0.5) is 19.0 Å². The highest BCUT2D eigenvalue weighted by Crippen LogP contribution is 2.28. The first-order valence-corrected chi connectivity index (χ1v) is 5.19. The first-order valence-electron chi connectivity index (χ1n) is 5.19. The van der Waals surface area contributed by atoms with Crippen LogP contribution in [-0.4, -0.2) is 17.0 Å². The van der Waals surface area contributed by atoms with E-state index in [-0.39, 0.29) is 11.3 Å². The van der Waals surface area contributed by atoms with Crippen LogP contribution in [0.15, 0.2) is 18.5 Å². The van der Waals surface area contributed by atoms with Gasteiger partial charge in [0.1, 0.15) is 12.1 Å². The Kier molecular flexibility index (Phi) is 3.18. The number of aromatic nitrogens is 2. The van der Waals surface area contributed by atoms with E-state index in [2.05, 4.69) is 15.3 Å². The SMILES string of the molecule is CNc1ncnc(-c2ccc(F)c(F)c2F)c1C. The van der Waals surface area contributed by atoms with Gasteiger partial charge in [-0.05, 0) is 19.1 Å². The third kappa shape index (κ3) is 1.90. The van der Waals surface area contributed by atoms with Crippen molar-refractivity contribution in [3.63, 3.8) is 0 Å². The van der Waals surface area contributed by atoms with Gasteiger partial charge in [0, 0.05) is 18.2 Å². The number of hydrogen-bond donors (Lipinski definition) is 1. The molecule has 0 bridgehead atoms. The molecule has 3 nitrogen and oxygen atoms in total. The number of nitrogens with one attached hydrogen (secondary N) is 1. The molecule has 0 amide bonds. The van der Waals surface area contributed by atoms with Gasteiger partial charge in [0.2, 0.25) is 0 Å². The molecule has 0 aliphatic carbocycles. The van der Waals surface area contributed by atoms with Crippen molar-refractivity contribution in [2.45, 2.75) is 6.92 Å². The molecule has 18 heavy (non-hydrogen) atoms. The zero-order chi connectivity index (χ0) is 13.3. The predicted octanol–water partition coefficient (Wildman–Crippen LogP) is 2.91. The Hall–Kier alpha value is -2.11. The fourth-order valence-corrected chi connectivity index (χ4v) is 1.68. The largest absolute Gasteiger partial charge is 0.373 e. The van der Waals surface area contributed by atoms with E-state index in [4.69, 9.17) is 0 Å². The molecule has 0 saturated carbocycles. The summed E-state index contributed by atoms with van der Waals surface area (Å²) >= 11 is 0. The van der Waals surface area contributed by atoms with Crippen molar-refractivity contribution in [2.24, 2.45) is 0 Å². The van der Waals surface area contributed by atoms with Crippen molar-refractivity contribution < 1.29 is 13.2 Å². The van der Waals surface area contributed by atoms with E-state index < -0.39 is 17.5 Å². The molecule has 1 aromatic carbocycles. The number of halogens is 3. The molecule has 0 saturated heterocycles. The number of nitrogens with zero attached hydrogens (tertiary/aromatic N) is 2. The van der Waals surface area contributed by atoms with Crippen molar-refractivity contribution in [1.82, 2.24) is 9.97 Å². The van der Waals surface area contributed by atoms with Crippen LogP contribution in [0, 0.1) is 24.4 Å². The third-order valence-corrected chi connectivity index (χ3v) is 2.61. The minimum Gasteiger partial charge on any atom is -0.373 e. The van der Waals surface area contributed by atoms with E-state index in [9.17, 15) is 13.2 Å². The zero-order valence-electron chi connectivity index (χ0n) is 9.76. The summed E-state index contributed by atoms with van der Waals surface area (Å²) in [5.74, 6) is -3.48. The normalized spacial score (nSPS) is 10.5. The quantitative estimate of drug-likeness (QED) is 0.836. The molecular weight excluding hydrogens is 243 g/mol. The van der Waals surface area contributed by atoms with Crippen LogP contribution in [-0.2, 0) is 0 Å². The van der Waals surface area contributed by atoms with Gasteiger partial charge in [-0.2, -0.15) is 0 Å². The van der Waals surface area contributed by atoms with E-state index >= 15 is 0 Å². The Bertz CT molecular complexity index is 599. The molecule has 6 heteroatoms. The van der Waals surface area contributed by atoms with Crippen molar-refractivity contribution in [3.8, 4) is 11.3 Å². The Labute approximate surface area is 102 Å². The van der Waals surface area contributed by atoms with Crippen molar-refractivity contribution in [1.29, 1.82) is 0 Å². The van der Waals surface area contributed by atoms with Gasteiger partial charge >= 0.3 is 0 Å². The zero-order valence-corrected chi connectivity index (χ0v) is 9.76. The molecule has 0 aliphatic rings. The second-order valence-electron chi connectivity index (χ2n) is 3.67. The number of rotatable bonds is 2. The van der Waals surface area contributed by atoms with Gasteiger partial charge in [-0.1, -0.05) is 0 Å². The van der Waals surface area contributed by atoms with Gasteiger partial charge in [0.05, 0.1) is 5.69 Å². The molecule has 0 spiro atoms. The molecule has 2 aromatic rings. The van der Waals surface area contributed by atoms with Crippen LogP contribution in [0.5, 0.6) is 0 Å². The molecule has 1 aromatic heterocycles. The maximum absolute atomic E-state index is 13.7. The van der Waals surface area contributed by atoms with Gasteiger partial charge in [-0.25, -0.2) is 23.1 Å². The molecular formula is C12H10F3N3. The van der Waals surface area contributed by atoms with Crippen molar-refractivity contribution in [3.05, 3.63) is 41.5 Å². The lowest BCUT2D eigenvalue weighted by atomic mass is 10.1. The van der Waals surface area contributed by atoms with Gasteiger partial charge in [-0.15, -0.1) is 0 Å². The summed E-state index contributed by atoms with van der Waals surface area (Å²) < 4.78 is 39.7. The Morgan fingerprint density at radius 3 is 2.44 bits per heavy atom. The van der Waals surface area contributed by atoms with Gasteiger partial charge in [0.15, 0.2) is 17.5 Å². The van der Waals surface area contributed by atoms with E-state index in [0.29, 0.717) is 11.4 Å². The molecule has 0 radical (unpaired) electrons. The lowest BCUT2D eigenvalue weighted by Crippen LogP contribution is -2.02. The van der Waals surface area contributed by atoms with Crippen LogP contribution < -0.4 is 5.32 Å². The van der Waals surface area contributed by atoms with E-state index in [1.54, 1.807) is 14.0 Å². The molecule has 0 atom stereocenters. The average Bonchev–Trinajstić information content (AvgIpc) is 2.37. The minimum atomic E-state index is -1.50. The summed E-state index contributed by atoms with van der Waals surface area (Å²) in [6.07, 6.45) is 1.23. The third-order valence-electron chi connectivity index (χ3n) is 2.61. The van der Waals surface area contributed by atoms with Gasteiger partial charge < -0.3 is 5.32 Å². The highest BCUT2D eigenvalue weighted by atomic mass is 19.2. The summed E-state index contributed by atoms with van der Waals surface area (Å²) in [4.78, 5) is 7.85. The maximum Gasteiger partial charge on any atom is 0.195 e. The lowest BCUT2D eigenvalue weighted by molar-refractivity contribution is 0.448.